The third-order valence-electron chi connectivity index (χ3n) is 4.11. The monoisotopic (exact) mass is 226 g/mol. The fourth-order valence-electron chi connectivity index (χ4n) is 2.26. The molecule has 3 unspecified atom stereocenters. The Kier molecular flexibility index (Phi) is 4.36. The Morgan fingerprint density at radius 2 is 2.00 bits per heavy atom. The molecule has 3 atom stereocenters. The predicted octanol–water partition coefficient (Wildman–Crippen LogP) is 1.97. The largest absolute Gasteiger partial charge is 0.343 e. The van der Waals surface area contributed by atoms with Crippen LogP contribution in [-0.2, 0) is 4.79 Å². The van der Waals surface area contributed by atoms with E-state index in [1.54, 1.807) is 0 Å². The summed E-state index contributed by atoms with van der Waals surface area (Å²) in [5, 5.41) is 0. The zero-order valence-electron chi connectivity index (χ0n) is 11.5. The van der Waals surface area contributed by atoms with Crippen LogP contribution in [0.1, 0.15) is 41.0 Å². The van der Waals surface area contributed by atoms with Gasteiger partial charge in [0.15, 0.2) is 0 Å². The van der Waals surface area contributed by atoms with Crippen molar-refractivity contribution < 1.29 is 4.79 Å². The number of rotatable bonds is 4. The summed E-state index contributed by atoms with van der Waals surface area (Å²) in [6, 6.07) is 1.31. The highest BCUT2D eigenvalue weighted by Gasteiger charge is 2.43. The van der Waals surface area contributed by atoms with Crippen molar-refractivity contribution >= 4 is 5.91 Å². The van der Waals surface area contributed by atoms with Crippen molar-refractivity contribution in [3.05, 3.63) is 0 Å². The summed E-state index contributed by atoms with van der Waals surface area (Å²) >= 11 is 0. The molecular weight excluding hydrogens is 200 g/mol. The maximum Gasteiger partial charge on any atom is 0.228 e. The van der Waals surface area contributed by atoms with Gasteiger partial charge in [-0.3, -0.25) is 9.69 Å². The smallest absolute Gasteiger partial charge is 0.228 e. The SMILES string of the molecule is CCC(C)N1CC(C(=O)N(C)C(C)C)C1C. The van der Waals surface area contributed by atoms with Crippen LogP contribution in [0.5, 0.6) is 0 Å². The van der Waals surface area contributed by atoms with E-state index in [9.17, 15) is 4.79 Å². The molecule has 0 radical (unpaired) electrons. The van der Waals surface area contributed by atoms with Crippen molar-refractivity contribution in [3.63, 3.8) is 0 Å². The second-order valence-electron chi connectivity index (χ2n) is 5.34. The molecule has 16 heavy (non-hydrogen) atoms. The molecule has 0 aliphatic carbocycles. The lowest BCUT2D eigenvalue weighted by Gasteiger charge is -2.50. The van der Waals surface area contributed by atoms with Gasteiger partial charge in [-0.2, -0.15) is 0 Å². The van der Waals surface area contributed by atoms with E-state index in [-0.39, 0.29) is 5.92 Å². The first-order chi connectivity index (χ1) is 7.40. The number of nitrogens with zero attached hydrogens (tertiary/aromatic N) is 2. The normalized spacial score (nSPS) is 27.7. The van der Waals surface area contributed by atoms with Crippen LogP contribution in [0.4, 0.5) is 0 Å². The van der Waals surface area contributed by atoms with E-state index in [2.05, 4.69) is 39.5 Å². The first-order valence-electron chi connectivity index (χ1n) is 6.42. The van der Waals surface area contributed by atoms with Crippen LogP contribution in [0.15, 0.2) is 0 Å². The molecule has 0 aromatic heterocycles. The lowest BCUT2D eigenvalue weighted by atomic mass is 9.86. The highest BCUT2D eigenvalue weighted by molar-refractivity contribution is 5.80. The highest BCUT2D eigenvalue weighted by atomic mass is 16.2. The van der Waals surface area contributed by atoms with Crippen LogP contribution < -0.4 is 0 Å². The Bertz CT molecular complexity index is 252. The molecule has 1 aliphatic rings. The minimum Gasteiger partial charge on any atom is -0.343 e. The number of likely N-dealkylation sites (tertiary alicyclic amines) is 1. The Morgan fingerprint density at radius 1 is 1.44 bits per heavy atom. The summed E-state index contributed by atoms with van der Waals surface area (Å²) < 4.78 is 0. The lowest BCUT2D eigenvalue weighted by molar-refractivity contribution is -0.147. The number of amides is 1. The second kappa shape index (κ2) is 5.17. The molecule has 3 nitrogen and oxygen atoms in total. The lowest BCUT2D eigenvalue weighted by Crippen LogP contribution is -2.63. The van der Waals surface area contributed by atoms with Gasteiger partial charge in [-0.05, 0) is 34.1 Å². The molecule has 1 amide bonds. The van der Waals surface area contributed by atoms with Crippen LogP contribution in [0.2, 0.25) is 0 Å². The van der Waals surface area contributed by atoms with E-state index in [1.807, 2.05) is 11.9 Å². The average Bonchev–Trinajstić information content (AvgIpc) is 2.25. The van der Waals surface area contributed by atoms with Crippen LogP contribution in [0, 0.1) is 5.92 Å². The maximum absolute atomic E-state index is 12.1. The quantitative estimate of drug-likeness (QED) is 0.732. The van der Waals surface area contributed by atoms with Crippen LogP contribution in [0.25, 0.3) is 0 Å². The van der Waals surface area contributed by atoms with Gasteiger partial charge in [0.1, 0.15) is 0 Å². The van der Waals surface area contributed by atoms with Crippen molar-refractivity contribution in [2.45, 2.75) is 59.2 Å². The summed E-state index contributed by atoms with van der Waals surface area (Å²) in [6.45, 7) is 11.7. The topological polar surface area (TPSA) is 23.6 Å². The van der Waals surface area contributed by atoms with E-state index in [0.717, 1.165) is 13.0 Å². The zero-order chi connectivity index (χ0) is 12.5. The van der Waals surface area contributed by atoms with E-state index >= 15 is 0 Å². The highest BCUT2D eigenvalue weighted by Crippen LogP contribution is 2.29. The van der Waals surface area contributed by atoms with E-state index < -0.39 is 0 Å². The summed E-state index contributed by atoms with van der Waals surface area (Å²) in [5.74, 6) is 0.517. The minimum atomic E-state index is 0.210. The average molecular weight is 226 g/mol. The van der Waals surface area contributed by atoms with Gasteiger partial charge in [-0.25, -0.2) is 0 Å². The van der Waals surface area contributed by atoms with Crippen molar-refractivity contribution in [3.8, 4) is 0 Å². The molecule has 0 spiro atoms. The Morgan fingerprint density at radius 3 is 2.38 bits per heavy atom. The van der Waals surface area contributed by atoms with E-state index in [4.69, 9.17) is 0 Å². The number of carbonyl (C=O) groups is 1. The zero-order valence-corrected chi connectivity index (χ0v) is 11.5. The third kappa shape index (κ3) is 2.40. The summed E-state index contributed by atoms with van der Waals surface area (Å²) in [6.07, 6.45) is 1.16. The predicted molar refractivity (Wildman–Crippen MR) is 67.3 cm³/mol. The van der Waals surface area contributed by atoms with Gasteiger partial charge in [0, 0.05) is 31.7 Å². The van der Waals surface area contributed by atoms with Gasteiger partial charge in [0.05, 0.1) is 5.92 Å². The van der Waals surface area contributed by atoms with E-state index in [0.29, 0.717) is 24.0 Å². The number of hydrogen-bond donors (Lipinski definition) is 0. The molecule has 1 aliphatic heterocycles. The summed E-state index contributed by atoms with van der Waals surface area (Å²) in [5.41, 5.74) is 0. The van der Waals surface area contributed by atoms with Crippen molar-refractivity contribution in [1.29, 1.82) is 0 Å². The maximum atomic E-state index is 12.1. The molecule has 3 heteroatoms. The number of hydrogen-bond acceptors (Lipinski definition) is 2. The summed E-state index contributed by atoms with van der Waals surface area (Å²) in [4.78, 5) is 16.4. The van der Waals surface area contributed by atoms with Gasteiger partial charge >= 0.3 is 0 Å². The third-order valence-corrected chi connectivity index (χ3v) is 4.11. The van der Waals surface area contributed by atoms with Crippen LogP contribution in [-0.4, -0.2) is 47.4 Å². The molecular formula is C13H26N2O. The molecule has 1 saturated heterocycles. The summed E-state index contributed by atoms with van der Waals surface area (Å²) in [7, 11) is 1.91. The Balaban J connectivity index is 2.52. The molecule has 94 valence electrons. The van der Waals surface area contributed by atoms with Crippen LogP contribution >= 0.6 is 0 Å². The van der Waals surface area contributed by atoms with E-state index in [1.165, 1.54) is 0 Å². The fraction of sp³-hybridized carbons (Fsp3) is 0.923. The molecule has 0 saturated carbocycles. The first kappa shape index (κ1) is 13.5. The molecule has 0 aromatic rings. The Labute approximate surface area is 99.8 Å². The van der Waals surface area contributed by atoms with Gasteiger partial charge < -0.3 is 4.90 Å². The molecule has 1 rings (SSSR count). The van der Waals surface area contributed by atoms with Crippen molar-refractivity contribution in [1.82, 2.24) is 9.80 Å². The number of carbonyl (C=O) groups excluding carboxylic acids is 1. The van der Waals surface area contributed by atoms with Crippen molar-refractivity contribution in [2.24, 2.45) is 5.92 Å². The second-order valence-corrected chi connectivity index (χ2v) is 5.34. The van der Waals surface area contributed by atoms with Gasteiger partial charge in [-0.15, -0.1) is 0 Å². The molecule has 0 bridgehead atoms. The standard InChI is InChI=1S/C13H26N2O/c1-7-10(4)15-8-12(11(15)5)13(16)14(6)9(2)3/h9-12H,7-8H2,1-6H3. The Hall–Kier alpha value is -0.570. The molecule has 1 fully saturated rings. The van der Waals surface area contributed by atoms with Gasteiger partial charge in [0.25, 0.3) is 0 Å². The molecule has 0 N–H and O–H groups in total. The van der Waals surface area contributed by atoms with Crippen molar-refractivity contribution in [2.75, 3.05) is 13.6 Å². The minimum absolute atomic E-state index is 0.210. The fourth-order valence-corrected chi connectivity index (χ4v) is 2.26. The molecule has 0 aromatic carbocycles. The van der Waals surface area contributed by atoms with Gasteiger partial charge in [-0.1, -0.05) is 6.92 Å². The first-order valence-corrected chi connectivity index (χ1v) is 6.42. The van der Waals surface area contributed by atoms with Gasteiger partial charge in [0.2, 0.25) is 5.91 Å². The van der Waals surface area contributed by atoms with Crippen LogP contribution in [0.3, 0.4) is 0 Å². The molecule has 1 heterocycles.